The molecule has 2 aromatic rings. The molecule has 0 bridgehead atoms. The predicted molar refractivity (Wildman–Crippen MR) is 66.3 cm³/mol. The van der Waals surface area contributed by atoms with E-state index in [0.717, 1.165) is 0 Å². The van der Waals surface area contributed by atoms with Gasteiger partial charge in [0.15, 0.2) is 17.0 Å². The number of nitrogens with zero attached hydrogens (tertiary/aromatic N) is 3. The number of carbonyl (C=O) groups is 1. The number of carboxylic acid groups (broad SMARTS) is 1. The van der Waals surface area contributed by atoms with Crippen LogP contribution in [0, 0.1) is 4.64 Å². The number of carboxylic acids is 1. The van der Waals surface area contributed by atoms with Crippen LogP contribution < -0.4 is 0 Å². The van der Waals surface area contributed by atoms with Gasteiger partial charge < -0.3 is 25.0 Å². The van der Waals surface area contributed by atoms with Crippen molar-refractivity contribution in [3.63, 3.8) is 0 Å². The Kier molecular flexibility index (Phi) is 3.01. The molecule has 0 amide bonds. The van der Waals surface area contributed by atoms with Crippen LogP contribution in [-0.2, 0) is 9.53 Å². The molecule has 0 unspecified atom stereocenters. The average molecular weight is 298 g/mol. The Hall–Kier alpha value is -1.88. The van der Waals surface area contributed by atoms with Crippen LogP contribution in [0.1, 0.15) is 6.23 Å². The molecule has 2 aromatic heterocycles. The van der Waals surface area contributed by atoms with E-state index in [-0.39, 0.29) is 4.64 Å². The Bertz CT molecular complexity index is 728. The van der Waals surface area contributed by atoms with Gasteiger partial charge >= 0.3 is 5.97 Å². The minimum Gasteiger partial charge on any atom is -0.479 e. The van der Waals surface area contributed by atoms with Crippen LogP contribution >= 0.6 is 12.2 Å². The minimum absolute atomic E-state index is 0.264. The molecule has 10 heteroatoms. The highest BCUT2D eigenvalue weighted by Gasteiger charge is 2.47. The average Bonchev–Trinajstić information content (AvgIpc) is 2.94. The number of fused-ring (bicyclic) bond motifs is 1. The van der Waals surface area contributed by atoms with Gasteiger partial charge in [-0.25, -0.2) is 14.8 Å². The number of hydrogen-bond donors (Lipinski definition) is 4. The first-order valence-corrected chi connectivity index (χ1v) is 6.06. The van der Waals surface area contributed by atoms with E-state index >= 15 is 0 Å². The zero-order chi connectivity index (χ0) is 14.4. The minimum atomic E-state index is -1.53. The van der Waals surface area contributed by atoms with Gasteiger partial charge in [-0.1, -0.05) is 12.2 Å². The zero-order valence-corrected chi connectivity index (χ0v) is 10.7. The molecule has 9 nitrogen and oxygen atoms in total. The number of aliphatic carboxylic acids is 1. The van der Waals surface area contributed by atoms with Crippen molar-refractivity contribution in [3.8, 4) is 0 Å². The highest BCUT2D eigenvalue weighted by Crippen LogP contribution is 2.31. The largest absolute Gasteiger partial charge is 0.479 e. The van der Waals surface area contributed by atoms with E-state index in [4.69, 9.17) is 22.1 Å². The van der Waals surface area contributed by atoms with Crippen LogP contribution in [0.15, 0.2) is 12.7 Å². The molecule has 106 valence electrons. The number of aromatic amines is 1. The van der Waals surface area contributed by atoms with Crippen molar-refractivity contribution >= 4 is 29.4 Å². The van der Waals surface area contributed by atoms with Crippen molar-refractivity contribution in [1.29, 1.82) is 0 Å². The monoisotopic (exact) mass is 298 g/mol. The molecule has 1 fully saturated rings. The molecule has 1 aliphatic heterocycles. The van der Waals surface area contributed by atoms with Gasteiger partial charge in [-0.05, 0) is 0 Å². The third-order valence-corrected chi connectivity index (χ3v) is 3.43. The van der Waals surface area contributed by atoms with Gasteiger partial charge in [-0.3, -0.25) is 4.57 Å². The predicted octanol–water partition coefficient (Wildman–Crippen LogP) is -0.807. The van der Waals surface area contributed by atoms with E-state index < -0.39 is 30.5 Å². The highest BCUT2D eigenvalue weighted by molar-refractivity contribution is 7.71. The van der Waals surface area contributed by atoms with Gasteiger partial charge in [-0.2, -0.15) is 0 Å². The summed E-state index contributed by atoms with van der Waals surface area (Å²) in [5.41, 5.74) is 0.818. The molecular weight excluding hydrogens is 288 g/mol. The van der Waals surface area contributed by atoms with Gasteiger partial charge in [0.25, 0.3) is 0 Å². The zero-order valence-electron chi connectivity index (χ0n) is 9.87. The van der Waals surface area contributed by atoms with E-state index in [1.54, 1.807) is 0 Å². The second kappa shape index (κ2) is 4.59. The van der Waals surface area contributed by atoms with Crippen LogP contribution in [0.25, 0.3) is 11.2 Å². The van der Waals surface area contributed by atoms with Crippen molar-refractivity contribution in [1.82, 2.24) is 19.5 Å². The number of nitrogens with one attached hydrogen (secondary N) is 1. The molecule has 3 heterocycles. The number of imidazole rings is 1. The molecule has 20 heavy (non-hydrogen) atoms. The standard InChI is InChI=1S/C10H10N4O5S/c15-4-5(16)9(19-6(4)10(17)18)14-2-13-3-7(14)11-1-12-8(3)20/h1-2,4-6,9,15-16H,(H,17,18)(H,11,12,20)/t4-,5+,6-,9+/m0/s1. The van der Waals surface area contributed by atoms with Gasteiger partial charge in [-0.15, -0.1) is 0 Å². The molecule has 1 saturated heterocycles. The summed E-state index contributed by atoms with van der Waals surface area (Å²) < 4.78 is 6.83. The SMILES string of the molecule is O=C(O)[C@H]1O[C@@H](n2cnc3c(=S)nc[nH]c32)[C@H](O)[C@@H]1O. The number of hydrogen-bond acceptors (Lipinski definition) is 7. The third-order valence-electron chi connectivity index (χ3n) is 3.14. The van der Waals surface area contributed by atoms with E-state index in [1.807, 2.05) is 0 Å². The number of rotatable bonds is 2. The fourth-order valence-corrected chi connectivity index (χ4v) is 2.36. The van der Waals surface area contributed by atoms with Gasteiger partial charge in [0.1, 0.15) is 23.4 Å². The van der Waals surface area contributed by atoms with Crippen molar-refractivity contribution in [3.05, 3.63) is 17.3 Å². The van der Waals surface area contributed by atoms with Gasteiger partial charge in [0.2, 0.25) is 0 Å². The van der Waals surface area contributed by atoms with E-state index in [0.29, 0.717) is 11.2 Å². The fourth-order valence-electron chi connectivity index (χ4n) is 2.16. The Labute approximate surface area is 116 Å². The van der Waals surface area contributed by atoms with Crippen LogP contribution in [-0.4, -0.2) is 59.1 Å². The van der Waals surface area contributed by atoms with Crippen LogP contribution in [0.3, 0.4) is 0 Å². The van der Waals surface area contributed by atoms with Crippen LogP contribution in [0.5, 0.6) is 0 Å². The summed E-state index contributed by atoms with van der Waals surface area (Å²) >= 11 is 5.01. The number of aromatic nitrogens is 4. The van der Waals surface area contributed by atoms with Crippen molar-refractivity contribution < 1.29 is 24.9 Å². The summed E-state index contributed by atoms with van der Waals surface area (Å²) in [4.78, 5) is 21.6. The van der Waals surface area contributed by atoms with Crippen molar-refractivity contribution in [2.24, 2.45) is 0 Å². The molecule has 0 aliphatic carbocycles. The Morgan fingerprint density at radius 2 is 2.15 bits per heavy atom. The Balaban J connectivity index is 2.06. The molecule has 0 spiro atoms. The highest BCUT2D eigenvalue weighted by atomic mass is 32.1. The van der Waals surface area contributed by atoms with Gasteiger partial charge in [0, 0.05) is 0 Å². The molecule has 4 N–H and O–H groups in total. The normalized spacial score (nSPS) is 29.9. The maximum atomic E-state index is 10.9. The maximum absolute atomic E-state index is 10.9. The van der Waals surface area contributed by atoms with E-state index in [2.05, 4.69) is 15.0 Å². The molecule has 1 aliphatic rings. The Morgan fingerprint density at radius 3 is 2.80 bits per heavy atom. The lowest BCUT2D eigenvalue weighted by Crippen LogP contribution is -2.35. The summed E-state index contributed by atoms with van der Waals surface area (Å²) in [6.07, 6.45) is -2.82. The molecule has 0 radical (unpaired) electrons. The molecule has 0 saturated carbocycles. The van der Waals surface area contributed by atoms with Crippen molar-refractivity contribution in [2.45, 2.75) is 24.5 Å². The number of aliphatic hydroxyl groups excluding tert-OH is 2. The number of aliphatic hydroxyl groups is 2. The van der Waals surface area contributed by atoms with Gasteiger partial charge in [0.05, 0.1) is 12.7 Å². The lowest BCUT2D eigenvalue weighted by Gasteiger charge is -2.16. The maximum Gasteiger partial charge on any atom is 0.335 e. The summed E-state index contributed by atoms with van der Waals surface area (Å²) in [6.45, 7) is 0. The second-order valence-corrected chi connectivity index (χ2v) is 4.71. The second-order valence-electron chi connectivity index (χ2n) is 4.32. The lowest BCUT2D eigenvalue weighted by molar-refractivity contribution is -0.155. The summed E-state index contributed by atoms with van der Waals surface area (Å²) in [5, 5.41) is 28.5. The first-order valence-electron chi connectivity index (χ1n) is 5.65. The summed E-state index contributed by atoms with van der Waals surface area (Å²) in [6, 6.07) is 0. The summed E-state index contributed by atoms with van der Waals surface area (Å²) in [7, 11) is 0. The van der Waals surface area contributed by atoms with Crippen LogP contribution in [0.4, 0.5) is 0 Å². The smallest absolute Gasteiger partial charge is 0.335 e. The first kappa shape index (κ1) is 13.1. The first-order chi connectivity index (χ1) is 9.50. The third kappa shape index (κ3) is 1.81. The number of ether oxygens (including phenoxy) is 1. The fraction of sp³-hybridized carbons (Fsp3) is 0.400. The Morgan fingerprint density at radius 1 is 1.40 bits per heavy atom. The molecule has 4 atom stereocenters. The van der Waals surface area contributed by atoms with E-state index in [1.165, 1.54) is 17.2 Å². The molecule has 3 rings (SSSR count). The lowest BCUT2D eigenvalue weighted by atomic mass is 10.1. The molecule has 0 aromatic carbocycles. The van der Waals surface area contributed by atoms with Crippen molar-refractivity contribution in [2.75, 3.05) is 0 Å². The van der Waals surface area contributed by atoms with E-state index in [9.17, 15) is 15.0 Å². The summed E-state index contributed by atoms with van der Waals surface area (Å²) in [5.74, 6) is -1.35. The topological polar surface area (TPSA) is 133 Å². The number of H-pyrrole nitrogens is 1. The quantitative estimate of drug-likeness (QED) is 0.529. The molecular formula is C10H10N4O5S. The van der Waals surface area contributed by atoms with Crippen LogP contribution in [0.2, 0.25) is 0 Å².